The van der Waals surface area contributed by atoms with E-state index in [-0.39, 0.29) is 0 Å². The van der Waals surface area contributed by atoms with E-state index in [9.17, 15) is 0 Å². The fourth-order valence-corrected chi connectivity index (χ4v) is 4.08. The number of aliphatic imine (C=N–C) groups is 1. The van der Waals surface area contributed by atoms with Crippen LogP contribution in [0.25, 0.3) is 5.82 Å². The van der Waals surface area contributed by atoms with Crippen molar-refractivity contribution in [1.29, 1.82) is 0 Å². The molecule has 32 heavy (non-hydrogen) atoms. The molecule has 0 atom stereocenters. The highest BCUT2D eigenvalue weighted by Crippen LogP contribution is 2.33. The molecule has 1 aromatic carbocycles. The molecule has 168 valence electrons. The summed E-state index contributed by atoms with van der Waals surface area (Å²) < 4.78 is 12.8. The molecule has 0 spiro atoms. The van der Waals surface area contributed by atoms with Crippen molar-refractivity contribution in [1.82, 2.24) is 25.0 Å². The number of hydrogen-bond donors (Lipinski definition) is 1. The summed E-state index contributed by atoms with van der Waals surface area (Å²) in [6.07, 6.45) is 2.81. The van der Waals surface area contributed by atoms with Crippen molar-refractivity contribution in [3.63, 3.8) is 0 Å². The monoisotopic (exact) mass is 434 g/mol. The van der Waals surface area contributed by atoms with Gasteiger partial charge in [0.1, 0.15) is 0 Å². The van der Waals surface area contributed by atoms with Crippen LogP contribution in [-0.2, 0) is 19.5 Å². The number of pyridine rings is 1. The maximum atomic E-state index is 5.48. The number of fused-ring (bicyclic) bond motifs is 1. The Morgan fingerprint density at radius 2 is 1.84 bits per heavy atom. The van der Waals surface area contributed by atoms with Gasteiger partial charge in [0, 0.05) is 38.6 Å². The molecule has 0 unspecified atom stereocenters. The minimum atomic E-state index is 0.645. The molecule has 1 aliphatic heterocycles. The van der Waals surface area contributed by atoms with Crippen LogP contribution >= 0.6 is 0 Å². The quantitative estimate of drug-likeness (QED) is 0.491. The Balaban J connectivity index is 1.42. The van der Waals surface area contributed by atoms with Gasteiger partial charge in [-0.2, -0.15) is 5.10 Å². The van der Waals surface area contributed by atoms with E-state index in [1.165, 1.54) is 11.1 Å². The van der Waals surface area contributed by atoms with Crippen molar-refractivity contribution < 1.29 is 9.47 Å². The predicted octanol–water partition coefficient (Wildman–Crippen LogP) is 3.04. The van der Waals surface area contributed by atoms with E-state index < -0.39 is 0 Å². The van der Waals surface area contributed by atoms with Crippen molar-refractivity contribution in [2.45, 2.75) is 33.4 Å². The highest BCUT2D eigenvalue weighted by molar-refractivity contribution is 5.80. The summed E-state index contributed by atoms with van der Waals surface area (Å²) in [6.45, 7) is 6.32. The number of ether oxygens (including phenoxy) is 2. The second-order valence-corrected chi connectivity index (χ2v) is 7.91. The Labute approximate surface area is 188 Å². The maximum absolute atomic E-state index is 5.48. The average molecular weight is 435 g/mol. The average Bonchev–Trinajstić information content (AvgIpc) is 3.16. The van der Waals surface area contributed by atoms with Gasteiger partial charge in [-0.25, -0.2) is 9.67 Å². The van der Waals surface area contributed by atoms with Crippen molar-refractivity contribution in [2.75, 3.05) is 27.8 Å². The van der Waals surface area contributed by atoms with Crippen LogP contribution in [0.3, 0.4) is 0 Å². The van der Waals surface area contributed by atoms with Gasteiger partial charge in [0.2, 0.25) is 0 Å². The van der Waals surface area contributed by atoms with Crippen LogP contribution in [0.2, 0.25) is 0 Å². The number of aryl methyl sites for hydroxylation is 2. The van der Waals surface area contributed by atoms with Gasteiger partial charge in [-0.15, -0.1) is 0 Å². The van der Waals surface area contributed by atoms with Crippen LogP contribution in [-0.4, -0.2) is 53.4 Å². The standard InChI is InChI=1S/C24H30N6O2/c1-16-10-17(2)30(28-16)23-7-6-18(13-26-23)14-27-24(25-3)29-9-8-19-11-21(31-4)22(32-5)12-20(19)15-29/h6-7,10-13H,8-9,14-15H2,1-5H3,(H,25,27). The molecule has 0 amide bonds. The third-order valence-corrected chi connectivity index (χ3v) is 5.72. The van der Waals surface area contributed by atoms with E-state index >= 15 is 0 Å². The molecule has 0 saturated heterocycles. The lowest BCUT2D eigenvalue weighted by atomic mass is 9.99. The minimum Gasteiger partial charge on any atom is -0.493 e. The van der Waals surface area contributed by atoms with E-state index in [1.54, 1.807) is 14.2 Å². The van der Waals surface area contributed by atoms with Gasteiger partial charge in [-0.05, 0) is 61.2 Å². The van der Waals surface area contributed by atoms with Gasteiger partial charge in [0.05, 0.1) is 19.9 Å². The summed E-state index contributed by atoms with van der Waals surface area (Å²) in [7, 11) is 5.15. The van der Waals surface area contributed by atoms with Gasteiger partial charge in [0.25, 0.3) is 0 Å². The molecule has 0 radical (unpaired) electrons. The SMILES string of the molecule is CN=C(NCc1ccc(-n2nc(C)cc2C)nc1)N1CCc2cc(OC)c(OC)cc2C1. The van der Waals surface area contributed by atoms with Crippen LogP contribution in [0.5, 0.6) is 11.5 Å². The molecular formula is C24H30N6O2. The lowest BCUT2D eigenvalue weighted by molar-refractivity contribution is 0.346. The van der Waals surface area contributed by atoms with Gasteiger partial charge >= 0.3 is 0 Å². The molecule has 0 fully saturated rings. The molecule has 1 N–H and O–H groups in total. The number of methoxy groups -OCH3 is 2. The number of nitrogens with one attached hydrogen (secondary N) is 1. The maximum Gasteiger partial charge on any atom is 0.194 e. The van der Waals surface area contributed by atoms with E-state index in [0.29, 0.717) is 6.54 Å². The first-order valence-electron chi connectivity index (χ1n) is 10.7. The second kappa shape index (κ2) is 9.30. The first-order valence-corrected chi connectivity index (χ1v) is 10.7. The molecule has 0 aliphatic carbocycles. The van der Waals surface area contributed by atoms with Crippen LogP contribution in [0.4, 0.5) is 0 Å². The summed E-state index contributed by atoms with van der Waals surface area (Å²) >= 11 is 0. The zero-order chi connectivity index (χ0) is 22.7. The number of hydrogen-bond acceptors (Lipinski definition) is 5. The molecule has 8 nitrogen and oxygen atoms in total. The van der Waals surface area contributed by atoms with E-state index in [2.05, 4.69) is 43.5 Å². The minimum absolute atomic E-state index is 0.645. The van der Waals surface area contributed by atoms with Crippen LogP contribution in [0.1, 0.15) is 28.1 Å². The highest BCUT2D eigenvalue weighted by Gasteiger charge is 2.21. The third-order valence-electron chi connectivity index (χ3n) is 5.72. The molecule has 8 heteroatoms. The van der Waals surface area contributed by atoms with E-state index in [0.717, 1.165) is 59.7 Å². The van der Waals surface area contributed by atoms with Crippen LogP contribution < -0.4 is 14.8 Å². The fourth-order valence-electron chi connectivity index (χ4n) is 4.08. The molecule has 3 aromatic rings. The molecule has 2 aromatic heterocycles. The number of rotatable bonds is 5. The Hall–Kier alpha value is -3.55. The Morgan fingerprint density at radius 3 is 2.44 bits per heavy atom. The Kier molecular flexibility index (Phi) is 6.30. The first kappa shape index (κ1) is 21.7. The van der Waals surface area contributed by atoms with Crippen LogP contribution in [0.15, 0.2) is 41.5 Å². The largest absolute Gasteiger partial charge is 0.493 e. The van der Waals surface area contributed by atoms with Crippen molar-refractivity contribution in [2.24, 2.45) is 4.99 Å². The molecule has 3 heterocycles. The number of aromatic nitrogens is 3. The molecule has 4 rings (SSSR count). The van der Waals surface area contributed by atoms with Gasteiger partial charge in [0.15, 0.2) is 23.3 Å². The first-order chi connectivity index (χ1) is 15.5. The lowest BCUT2D eigenvalue weighted by Crippen LogP contribution is -2.43. The Bertz CT molecular complexity index is 1120. The zero-order valence-electron chi connectivity index (χ0n) is 19.3. The summed E-state index contributed by atoms with van der Waals surface area (Å²) in [6, 6.07) is 10.3. The fraction of sp³-hybridized carbons (Fsp3) is 0.375. The summed E-state index contributed by atoms with van der Waals surface area (Å²) in [4.78, 5) is 11.3. The number of nitrogens with zero attached hydrogens (tertiary/aromatic N) is 5. The topological polar surface area (TPSA) is 76.8 Å². The third kappa shape index (κ3) is 4.39. The lowest BCUT2D eigenvalue weighted by Gasteiger charge is -2.32. The second-order valence-electron chi connectivity index (χ2n) is 7.91. The number of benzene rings is 1. The van der Waals surface area contributed by atoms with Gasteiger partial charge in [-0.3, -0.25) is 4.99 Å². The van der Waals surface area contributed by atoms with Gasteiger partial charge in [-0.1, -0.05) is 6.07 Å². The number of guanidine groups is 1. The Morgan fingerprint density at radius 1 is 1.09 bits per heavy atom. The predicted molar refractivity (Wildman–Crippen MR) is 125 cm³/mol. The smallest absolute Gasteiger partial charge is 0.194 e. The van der Waals surface area contributed by atoms with Crippen LogP contribution in [0, 0.1) is 13.8 Å². The normalized spacial score (nSPS) is 13.7. The molecule has 0 bridgehead atoms. The van der Waals surface area contributed by atoms with E-state index in [4.69, 9.17) is 9.47 Å². The summed E-state index contributed by atoms with van der Waals surface area (Å²) in [5.74, 6) is 3.22. The van der Waals surface area contributed by atoms with E-state index in [1.807, 2.05) is 43.9 Å². The van der Waals surface area contributed by atoms with Gasteiger partial charge < -0.3 is 19.7 Å². The molecule has 0 saturated carbocycles. The molecule has 1 aliphatic rings. The van der Waals surface area contributed by atoms with Crippen molar-refractivity contribution in [3.05, 3.63) is 64.6 Å². The van der Waals surface area contributed by atoms with Crippen molar-refractivity contribution in [3.8, 4) is 17.3 Å². The van der Waals surface area contributed by atoms with Crippen molar-refractivity contribution >= 4 is 5.96 Å². The highest BCUT2D eigenvalue weighted by atomic mass is 16.5. The zero-order valence-corrected chi connectivity index (χ0v) is 19.3. The summed E-state index contributed by atoms with van der Waals surface area (Å²) in [5, 5.41) is 7.97. The molecular weight excluding hydrogens is 404 g/mol. The summed E-state index contributed by atoms with van der Waals surface area (Å²) in [5.41, 5.74) is 5.66.